The Labute approximate surface area is 193 Å². The van der Waals surface area contributed by atoms with Crippen molar-refractivity contribution in [1.82, 2.24) is 15.1 Å². The molecule has 178 valence electrons. The lowest BCUT2D eigenvalue weighted by Gasteiger charge is -2.15. The van der Waals surface area contributed by atoms with Crippen LogP contribution in [0, 0.1) is 5.92 Å². The number of fused-ring (bicyclic) bond motifs is 1. The van der Waals surface area contributed by atoms with E-state index in [1.54, 1.807) is 18.2 Å². The highest BCUT2D eigenvalue weighted by molar-refractivity contribution is 5.97. The molecular formula is C24H32N4O5. The van der Waals surface area contributed by atoms with Gasteiger partial charge in [0, 0.05) is 37.8 Å². The van der Waals surface area contributed by atoms with E-state index < -0.39 is 11.9 Å². The number of aromatic nitrogens is 2. The number of amides is 2. The quantitative estimate of drug-likeness (QED) is 0.615. The minimum atomic E-state index is -0.600. The topological polar surface area (TPSA) is 126 Å². The van der Waals surface area contributed by atoms with Gasteiger partial charge in [0.2, 0.25) is 5.91 Å². The van der Waals surface area contributed by atoms with Gasteiger partial charge in [-0.25, -0.2) is 4.79 Å². The molecule has 0 unspecified atom stereocenters. The number of benzene rings is 1. The summed E-state index contributed by atoms with van der Waals surface area (Å²) in [7, 11) is 0. The van der Waals surface area contributed by atoms with Gasteiger partial charge in [0.15, 0.2) is 0 Å². The van der Waals surface area contributed by atoms with E-state index in [1.807, 2.05) is 18.5 Å². The van der Waals surface area contributed by atoms with E-state index in [0.717, 1.165) is 24.2 Å². The van der Waals surface area contributed by atoms with Crippen molar-refractivity contribution in [2.75, 3.05) is 26.4 Å². The number of hydrogen-bond donors (Lipinski definition) is 2. The summed E-state index contributed by atoms with van der Waals surface area (Å²) < 4.78 is 13.0. The molecule has 3 N–H and O–H groups in total. The van der Waals surface area contributed by atoms with Gasteiger partial charge in [-0.1, -0.05) is 19.9 Å². The zero-order valence-corrected chi connectivity index (χ0v) is 19.3. The Hall–Kier alpha value is -3.20. The molecular weight excluding hydrogens is 424 g/mol. The van der Waals surface area contributed by atoms with Crippen LogP contribution in [0.2, 0.25) is 0 Å². The number of rotatable bonds is 7. The molecule has 3 rings (SSSR count). The molecule has 2 heterocycles. The molecule has 0 fully saturated rings. The fourth-order valence-electron chi connectivity index (χ4n) is 3.82. The molecule has 1 aromatic carbocycles. The van der Waals surface area contributed by atoms with Crippen LogP contribution >= 0.6 is 0 Å². The second-order valence-corrected chi connectivity index (χ2v) is 8.28. The molecule has 1 aliphatic rings. The molecule has 0 spiro atoms. The zero-order chi connectivity index (χ0) is 23.8. The van der Waals surface area contributed by atoms with Crippen molar-refractivity contribution >= 4 is 17.8 Å². The van der Waals surface area contributed by atoms with Crippen molar-refractivity contribution in [3.05, 3.63) is 52.3 Å². The number of ether oxygens (including phenoxy) is 2. The van der Waals surface area contributed by atoms with Gasteiger partial charge in [-0.15, -0.1) is 0 Å². The highest BCUT2D eigenvalue weighted by Crippen LogP contribution is 2.20. The number of esters is 1. The maximum Gasteiger partial charge on any atom is 0.338 e. The summed E-state index contributed by atoms with van der Waals surface area (Å²) in [6.45, 7) is 6.46. The molecule has 0 aliphatic carbocycles. The molecule has 1 aromatic heterocycles. The van der Waals surface area contributed by atoms with Gasteiger partial charge in [-0.2, -0.15) is 5.10 Å². The minimum Gasteiger partial charge on any atom is -0.462 e. The van der Waals surface area contributed by atoms with Crippen molar-refractivity contribution in [2.24, 2.45) is 11.7 Å². The fourth-order valence-corrected chi connectivity index (χ4v) is 3.82. The Balaban J connectivity index is 1.70. The highest BCUT2D eigenvalue weighted by Gasteiger charge is 2.24. The first-order valence-electron chi connectivity index (χ1n) is 11.4. The second kappa shape index (κ2) is 11.6. The van der Waals surface area contributed by atoms with Crippen LogP contribution in [0.15, 0.2) is 24.3 Å². The summed E-state index contributed by atoms with van der Waals surface area (Å²) in [5, 5.41) is 7.68. The lowest BCUT2D eigenvalue weighted by Crippen LogP contribution is -2.27. The Morgan fingerprint density at radius 1 is 1.27 bits per heavy atom. The summed E-state index contributed by atoms with van der Waals surface area (Å²) >= 11 is 0. The van der Waals surface area contributed by atoms with Crippen LogP contribution in [0.5, 0.6) is 0 Å². The number of hydrogen-bond acceptors (Lipinski definition) is 6. The lowest BCUT2D eigenvalue weighted by molar-refractivity contribution is 0.0435. The van der Waals surface area contributed by atoms with Crippen LogP contribution in [0.25, 0.3) is 0 Å². The van der Waals surface area contributed by atoms with Gasteiger partial charge in [-0.3, -0.25) is 14.3 Å². The third kappa shape index (κ3) is 6.41. The van der Waals surface area contributed by atoms with Crippen molar-refractivity contribution < 1.29 is 23.9 Å². The second-order valence-electron chi connectivity index (χ2n) is 8.28. The number of nitrogens with two attached hydrogens (primary N) is 1. The normalized spacial score (nSPS) is 15.6. The van der Waals surface area contributed by atoms with Gasteiger partial charge >= 0.3 is 5.97 Å². The van der Waals surface area contributed by atoms with Crippen LogP contribution in [-0.4, -0.2) is 53.9 Å². The van der Waals surface area contributed by atoms with E-state index in [9.17, 15) is 14.4 Å². The fraction of sp³-hybridized carbons (Fsp3) is 0.500. The molecule has 9 nitrogen and oxygen atoms in total. The number of primary amides is 1. The predicted molar refractivity (Wildman–Crippen MR) is 122 cm³/mol. The SMILES string of the molecule is CCc1nn(C[C@@H](C)COC(=O)c2cccc(C(N)=O)c2)c2c1C(=O)NCCCOCCC2. The maximum absolute atomic E-state index is 12.9. The Morgan fingerprint density at radius 2 is 2.03 bits per heavy atom. The van der Waals surface area contributed by atoms with Crippen molar-refractivity contribution in [2.45, 2.75) is 46.1 Å². The Bertz CT molecular complexity index is 1000. The smallest absolute Gasteiger partial charge is 0.338 e. The van der Waals surface area contributed by atoms with Crippen LogP contribution < -0.4 is 11.1 Å². The van der Waals surface area contributed by atoms with Crippen LogP contribution in [0.1, 0.15) is 69.2 Å². The highest BCUT2D eigenvalue weighted by atomic mass is 16.5. The third-order valence-electron chi connectivity index (χ3n) is 5.51. The molecule has 9 heteroatoms. The molecule has 0 bridgehead atoms. The minimum absolute atomic E-state index is 0.0422. The number of carbonyl (C=O) groups excluding carboxylic acids is 3. The van der Waals surface area contributed by atoms with Crippen molar-refractivity contribution in [1.29, 1.82) is 0 Å². The molecule has 0 radical (unpaired) electrons. The summed E-state index contributed by atoms with van der Waals surface area (Å²) in [5.74, 6) is -1.25. The van der Waals surface area contributed by atoms with E-state index in [1.165, 1.54) is 6.07 Å². The van der Waals surface area contributed by atoms with Crippen LogP contribution in [0.3, 0.4) is 0 Å². The number of carbonyl (C=O) groups is 3. The number of nitrogens with one attached hydrogen (secondary N) is 1. The molecule has 33 heavy (non-hydrogen) atoms. The molecule has 0 saturated heterocycles. The zero-order valence-electron chi connectivity index (χ0n) is 19.3. The van der Waals surface area contributed by atoms with Gasteiger partial charge in [0.25, 0.3) is 5.91 Å². The number of nitrogens with zero attached hydrogens (tertiary/aromatic N) is 2. The standard InChI is InChI=1S/C24H32N4O5/c1-3-19-21-20(9-5-11-32-12-6-10-26-23(21)30)28(27-19)14-16(2)15-33-24(31)18-8-4-7-17(13-18)22(25)29/h4,7-8,13,16H,3,5-6,9-12,14-15H2,1-2H3,(H2,25,29)(H,26,30)/t16-/m1/s1. The largest absolute Gasteiger partial charge is 0.462 e. The monoisotopic (exact) mass is 456 g/mol. The van der Waals surface area contributed by atoms with Gasteiger partial charge in [-0.05, 0) is 43.9 Å². The summed E-state index contributed by atoms with van der Waals surface area (Å²) in [5.41, 5.74) is 8.13. The van der Waals surface area contributed by atoms with E-state index in [0.29, 0.717) is 44.7 Å². The van der Waals surface area contributed by atoms with E-state index >= 15 is 0 Å². The number of aryl methyl sites for hydroxylation is 1. The maximum atomic E-state index is 12.9. The van der Waals surface area contributed by atoms with Gasteiger partial charge in [0.1, 0.15) is 0 Å². The van der Waals surface area contributed by atoms with E-state index in [2.05, 4.69) is 5.32 Å². The predicted octanol–water partition coefficient (Wildman–Crippen LogP) is 2.12. The molecule has 1 aliphatic heterocycles. The third-order valence-corrected chi connectivity index (χ3v) is 5.51. The Kier molecular flexibility index (Phi) is 8.59. The molecule has 1 atom stereocenters. The summed E-state index contributed by atoms with van der Waals surface area (Å²) in [6.07, 6.45) is 2.91. The molecule has 2 amide bonds. The van der Waals surface area contributed by atoms with Crippen molar-refractivity contribution in [3.8, 4) is 0 Å². The first kappa shape index (κ1) is 24.4. The summed E-state index contributed by atoms with van der Waals surface area (Å²) in [4.78, 5) is 36.6. The first-order valence-corrected chi connectivity index (χ1v) is 11.4. The molecule has 0 saturated carbocycles. The summed E-state index contributed by atoms with van der Waals surface area (Å²) in [6, 6.07) is 6.15. The van der Waals surface area contributed by atoms with Gasteiger partial charge in [0.05, 0.1) is 29.1 Å². The van der Waals surface area contributed by atoms with Crippen LogP contribution in [0.4, 0.5) is 0 Å². The average Bonchev–Trinajstić information content (AvgIpc) is 3.13. The van der Waals surface area contributed by atoms with Crippen LogP contribution in [-0.2, 0) is 28.9 Å². The Morgan fingerprint density at radius 3 is 2.79 bits per heavy atom. The first-order chi connectivity index (χ1) is 15.9. The average molecular weight is 457 g/mol. The van der Waals surface area contributed by atoms with Crippen molar-refractivity contribution in [3.63, 3.8) is 0 Å². The van der Waals surface area contributed by atoms with Gasteiger partial charge < -0.3 is 20.5 Å². The molecule has 2 aromatic rings. The van der Waals surface area contributed by atoms with E-state index in [-0.39, 0.29) is 29.6 Å². The van der Waals surface area contributed by atoms with E-state index in [4.69, 9.17) is 20.3 Å². The lowest BCUT2D eigenvalue weighted by atomic mass is 10.1.